The maximum atomic E-state index is 3.73. The van der Waals surface area contributed by atoms with Crippen molar-refractivity contribution in [1.82, 2.24) is 5.32 Å². The predicted octanol–water partition coefficient (Wildman–Crippen LogP) is 4.85. The molecular formula is C15H22BrN. The maximum absolute atomic E-state index is 3.73. The van der Waals surface area contributed by atoms with Gasteiger partial charge in [0, 0.05) is 10.5 Å². The summed E-state index contributed by atoms with van der Waals surface area (Å²) in [6.07, 6.45) is 6.92. The van der Waals surface area contributed by atoms with Gasteiger partial charge in [-0.25, -0.2) is 0 Å². The van der Waals surface area contributed by atoms with Crippen LogP contribution in [0.5, 0.6) is 0 Å². The van der Waals surface area contributed by atoms with E-state index >= 15 is 0 Å². The van der Waals surface area contributed by atoms with Crippen LogP contribution in [-0.4, -0.2) is 6.54 Å². The van der Waals surface area contributed by atoms with Crippen LogP contribution in [0.1, 0.15) is 44.2 Å². The first-order chi connectivity index (χ1) is 8.24. The van der Waals surface area contributed by atoms with Gasteiger partial charge < -0.3 is 5.32 Å². The van der Waals surface area contributed by atoms with E-state index in [1.807, 2.05) is 6.08 Å². The molecule has 1 rings (SSSR count). The number of allylic oxidation sites excluding steroid dienone is 1. The molecule has 0 amide bonds. The van der Waals surface area contributed by atoms with E-state index in [1.165, 1.54) is 24.8 Å². The molecule has 0 fully saturated rings. The Bertz CT molecular complexity index is 335. The van der Waals surface area contributed by atoms with E-state index in [2.05, 4.69) is 59.0 Å². The molecule has 0 saturated carbocycles. The van der Waals surface area contributed by atoms with Crippen molar-refractivity contribution >= 4 is 15.9 Å². The van der Waals surface area contributed by atoms with Crippen LogP contribution >= 0.6 is 15.9 Å². The van der Waals surface area contributed by atoms with E-state index in [-0.39, 0.29) is 0 Å². The van der Waals surface area contributed by atoms with Crippen LogP contribution in [-0.2, 0) is 0 Å². The Morgan fingerprint density at radius 1 is 1.35 bits per heavy atom. The van der Waals surface area contributed by atoms with Crippen molar-refractivity contribution in [1.29, 1.82) is 0 Å². The summed E-state index contributed by atoms with van der Waals surface area (Å²) in [6.45, 7) is 7.04. The highest BCUT2D eigenvalue weighted by atomic mass is 79.9. The van der Waals surface area contributed by atoms with Crippen molar-refractivity contribution in [3.63, 3.8) is 0 Å². The average molecular weight is 296 g/mol. The first-order valence-corrected chi connectivity index (χ1v) is 7.13. The lowest BCUT2D eigenvalue weighted by Gasteiger charge is -2.14. The first-order valence-electron chi connectivity index (χ1n) is 6.34. The average Bonchev–Trinajstić information content (AvgIpc) is 2.33. The van der Waals surface area contributed by atoms with E-state index in [4.69, 9.17) is 0 Å². The second-order valence-electron chi connectivity index (χ2n) is 4.37. The maximum Gasteiger partial charge on any atom is 0.0292 e. The minimum Gasteiger partial charge on any atom is -0.310 e. The molecule has 1 nitrogen and oxygen atoms in total. The van der Waals surface area contributed by atoms with Gasteiger partial charge in [-0.05, 0) is 50.4 Å². The van der Waals surface area contributed by atoms with Crippen LogP contribution < -0.4 is 5.32 Å². The molecule has 1 unspecified atom stereocenters. The summed E-state index contributed by atoms with van der Waals surface area (Å²) in [7, 11) is 0. The molecule has 94 valence electrons. The highest BCUT2D eigenvalue weighted by molar-refractivity contribution is 9.10. The SMILES string of the molecule is C=CCCCCCNC(C)c1cccc(Br)c1. The molecule has 1 atom stereocenters. The Morgan fingerprint density at radius 2 is 2.18 bits per heavy atom. The van der Waals surface area contributed by atoms with E-state index in [0.717, 1.165) is 17.4 Å². The van der Waals surface area contributed by atoms with Gasteiger partial charge >= 0.3 is 0 Å². The van der Waals surface area contributed by atoms with Crippen molar-refractivity contribution in [2.24, 2.45) is 0 Å². The fourth-order valence-electron chi connectivity index (χ4n) is 1.80. The smallest absolute Gasteiger partial charge is 0.0292 e. The monoisotopic (exact) mass is 295 g/mol. The standard InChI is InChI=1S/C15H22BrN/c1-3-4-5-6-7-11-17-13(2)14-9-8-10-15(16)12-14/h3,8-10,12-13,17H,1,4-7,11H2,2H3. The zero-order chi connectivity index (χ0) is 12.5. The molecule has 17 heavy (non-hydrogen) atoms. The summed E-state index contributed by atoms with van der Waals surface area (Å²) in [5.74, 6) is 0. The molecule has 0 aliphatic rings. The number of hydrogen-bond donors (Lipinski definition) is 1. The number of halogens is 1. The third kappa shape index (κ3) is 6.04. The highest BCUT2D eigenvalue weighted by Crippen LogP contribution is 2.17. The van der Waals surface area contributed by atoms with Gasteiger partial charge in [0.25, 0.3) is 0 Å². The Labute approximate surface area is 113 Å². The van der Waals surface area contributed by atoms with Crippen molar-refractivity contribution < 1.29 is 0 Å². The zero-order valence-electron chi connectivity index (χ0n) is 10.6. The minimum absolute atomic E-state index is 0.423. The Hall–Kier alpha value is -0.600. The summed E-state index contributed by atoms with van der Waals surface area (Å²) in [6, 6.07) is 8.91. The molecule has 0 heterocycles. The third-order valence-corrected chi connectivity index (χ3v) is 3.38. The summed E-state index contributed by atoms with van der Waals surface area (Å²) >= 11 is 3.50. The van der Waals surface area contributed by atoms with Gasteiger partial charge in [-0.2, -0.15) is 0 Å². The van der Waals surface area contributed by atoms with E-state index in [1.54, 1.807) is 0 Å². The van der Waals surface area contributed by atoms with Gasteiger partial charge in [0.15, 0.2) is 0 Å². The topological polar surface area (TPSA) is 12.0 Å². The molecule has 0 aromatic heterocycles. The van der Waals surface area contributed by atoms with Crippen molar-refractivity contribution in [3.05, 3.63) is 47.0 Å². The molecule has 1 aromatic carbocycles. The highest BCUT2D eigenvalue weighted by Gasteiger charge is 2.03. The summed E-state index contributed by atoms with van der Waals surface area (Å²) < 4.78 is 1.15. The van der Waals surface area contributed by atoms with E-state index < -0.39 is 0 Å². The number of rotatable bonds is 8. The van der Waals surface area contributed by atoms with Crippen LogP contribution in [0.3, 0.4) is 0 Å². The van der Waals surface area contributed by atoms with Gasteiger partial charge in [-0.3, -0.25) is 0 Å². The number of unbranched alkanes of at least 4 members (excludes halogenated alkanes) is 3. The predicted molar refractivity (Wildman–Crippen MR) is 79.2 cm³/mol. The molecule has 0 spiro atoms. The molecule has 0 radical (unpaired) electrons. The van der Waals surface area contributed by atoms with Gasteiger partial charge in [-0.1, -0.05) is 40.6 Å². The van der Waals surface area contributed by atoms with E-state index in [0.29, 0.717) is 6.04 Å². The normalized spacial score (nSPS) is 12.4. The summed E-state index contributed by atoms with van der Waals surface area (Å²) in [5.41, 5.74) is 1.34. The molecule has 1 aromatic rings. The van der Waals surface area contributed by atoms with Crippen molar-refractivity contribution in [2.75, 3.05) is 6.54 Å². The molecule has 0 saturated heterocycles. The lowest BCUT2D eigenvalue weighted by molar-refractivity contribution is 0.539. The van der Waals surface area contributed by atoms with Crippen molar-refractivity contribution in [3.8, 4) is 0 Å². The first kappa shape index (κ1) is 14.5. The van der Waals surface area contributed by atoms with Crippen LogP contribution in [0, 0.1) is 0 Å². The third-order valence-electron chi connectivity index (χ3n) is 2.88. The zero-order valence-corrected chi connectivity index (χ0v) is 12.2. The Morgan fingerprint density at radius 3 is 2.88 bits per heavy atom. The molecular weight excluding hydrogens is 274 g/mol. The molecule has 0 bridgehead atoms. The molecule has 2 heteroatoms. The van der Waals surface area contributed by atoms with Crippen LogP contribution in [0.15, 0.2) is 41.4 Å². The van der Waals surface area contributed by atoms with Gasteiger partial charge in [-0.15, -0.1) is 6.58 Å². The fourth-order valence-corrected chi connectivity index (χ4v) is 2.22. The summed E-state index contributed by atoms with van der Waals surface area (Å²) in [4.78, 5) is 0. The second kappa shape index (κ2) is 8.48. The van der Waals surface area contributed by atoms with Crippen molar-refractivity contribution in [2.45, 2.75) is 38.6 Å². The lowest BCUT2D eigenvalue weighted by Crippen LogP contribution is -2.19. The van der Waals surface area contributed by atoms with Crippen LogP contribution in [0.2, 0.25) is 0 Å². The lowest BCUT2D eigenvalue weighted by atomic mass is 10.1. The summed E-state index contributed by atoms with van der Waals surface area (Å²) in [5, 5.41) is 3.56. The Balaban J connectivity index is 2.21. The van der Waals surface area contributed by atoms with Crippen LogP contribution in [0.25, 0.3) is 0 Å². The van der Waals surface area contributed by atoms with Crippen LogP contribution in [0.4, 0.5) is 0 Å². The largest absolute Gasteiger partial charge is 0.310 e. The molecule has 1 N–H and O–H groups in total. The number of nitrogens with one attached hydrogen (secondary N) is 1. The van der Waals surface area contributed by atoms with E-state index in [9.17, 15) is 0 Å². The van der Waals surface area contributed by atoms with Gasteiger partial charge in [0.1, 0.15) is 0 Å². The van der Waals surface area contributed by atoms with Gasteiger partial charge in [0.2, 0.25) is 0 Å². The number of benzene rings is 1. The molecule has 0 aliphatic carbocycles. The fraction of sp³-hybridized carbons (Fsp3) is 0.467. The quantitative estimate of drug-likeness (QED) is 0.534. The second-order valence-corrected chi connectivity index (χ2v) is 5.28. The number of hydrogen-bond acceptors (Lipinski definition) is 1. The molecule has 0 aliphatic heterocycles. The minimum atomic E-state index is 0.423. The van der Waals surface area contributed by atoms with Gasteiger partial charge in [0.05, 0.1) is 0 Å². The Kier molecular flexibility index (Phi) is 7.22.